The molecule has 1 aromatic rings. The first-order valence-corrected chi connectivity index (χ1v) is 10.4. The van der Waals surface area contributed by atoms with Crippen LogP contribution in [0.1, 0.15) is 39.5 Å². The van der Waals surface area contributed by atoms with Crippen molar-refractivity contribution in [2.24, 2.45) is 5.92 Å². The van der Waals surface area contributed by atoms with Crippen molar-refractivity contribution in [2.75, 3.05) is 49.6 Å². The Morgan fingerprint density at radius 1 is 0.931 bits per heavy atom. The number of esters is 1. The number of anilines is 2. The van der Waals surface area contributed by atoms with Crippen molar-refractivity contribution in [3.8, 4) is 0 Å². The fourth-order valence-corrected chi connectivity index (χ4v) is 4.04. The molecule has 1 aromatic carbocycles. The van der Waals surface area contributed by atoms with E-state index in [4.69, 9.17) is 9.47 Å². The van der Waals surface area contributed by atoms with E-state index in [0.29, 0.717) is 76.5 Å². The summed E-state index contributed by atoms with van der Waals surface area (Å²) < 4.78 is 10.1. The van der Waals surface area contributed by atoms with E-state index in [9.17, 15) is 19.2 Å². The second-order valence-corrected chi connectivity index (χ2v) is 7.50. The number of nitrogens with zero attached hydrogens (tertiary/aromatic N) is 2. The summed E-state index contributed by atoms with van der Waals surface area (Å²) in [5, 5.41) is 3.23. The smallest absolute Gasteiger partial charge is 0.409 e. The van der Waals surface area contributed by atoms with Crippen molar-refractivity contribution < 1.29 is 19.1 Å². The Balaban J connectivity index is 1.56. The minimum Gasteiger partial charge on any atom is -0.466 e. The Bertz CT molecular complexity index is 800. The molecule has 3 rings (SSSR count). The van der Waals surface area contributed by atoms with Crippen LogP contribution in [0, 0.1) is 5.92 Å². The summed E-state index contributed by atoms with van der Waals surface area (Å²) in [4.78, 5) is 51.6. The van der Waals surface area contributed by atoms with Crippen molar-refractivity contribution in [1.29, 1.82) is 0 Å². The molecule has 2 aliphatic rings. The summed E-state index contributed by atoms with van der Waals surface area (Å²) in [5.74, 6) is -0.342. The molecule has 9 heteroatoms. The van der Waals surface area contributed by atoms with Crippen LogP contribution in [0.5, 0.6) is 0 Å². The number of rotatable bonds is 6. The number of piperidine rings is 2. The van der Waals surface area contributed by atoms with E-state index in [0.717, 1.165) is 0 Å². The normalized spacial score (nSPS) is 18.7. The number of hydrogen-bond acceptors (Lipinski definition) is 8. The average molecular weight is 407 g/mol. The second-order valence-electron chi connectivity index (χ2n) is 7.50. The summed E-state index contributed by atoms with van der Waals surface area (Å²) >= 11 is 0. The molecule has 0 spiro atoms. The van der Waals surface area contributed by atoms with Crippen molar-refractivity contribution in [1.82, 2.24) is 4.90 Å². The number of hydrogen-bond donors (Lipinski definition) is 1. The van der Waals surface area contributed by atoms with E-state index >= 15 is 0 Å². The lowest BCUT2D eigenvalue weighted by Crippen LogP contribution is -2.49. The number of ether oxygens (including phenoxy) is 2. The number of carbonyl (C=O) groups is 2. The first-order valence-electron chi connectivity index (χ1n) is 10.4. The summed E-state index contributed by atoms with van der Waals surface area (Å²) in [7, 11) is 0. The summed E-state index contributed by atoms with van der Waals surface area (Å²) in [6, 6.07) is 0.0276. The molecular formula is C20H29N3O6. The van der Waals surface area contributed by atoms with E-state index < -0.39 is 10.9 Å². The van der Waals surface area contributed by atoms with E-state index in [1.165, 1.54) is 0 Å². The van der Waals surface area contributed by atoms with E-state index in [2.05, 4.69) is 5.32 Å². The molecule has 0 aliphatic carbocycles. The zero-order valence-corrected chi connectivity index (χ0v) is 17.1. The average Bonchev–Trinajstić information content (AvgIpc) is 2.74. The number of carbonyl (C=O) groups excluding carboxylic acids is 2. The Morgan fingerprint density at radius 2 is 1.55 bits per heavy atom. The molecule has 0 aromatic heterocycles. The van der Waals surface area contributed by atoms with Gasteiger partial charge in [-0.1, -0.05) is 0 Å². The minimum atomic E-state index is -0.486. The number of likely N-dealkylation sites (tertiary alicyclic amines) is 1. The highest BCUT2D eigenvalue weighted by Gasteiger charge is 2.33. The lowest BCUT2D eigenvalue weighted by atomic mass is 9.95. The molecule has 2 aliphatic heterocycles. The topological polar surface area (TPSA) is 105 Å². The van der Waals surface area contributed by atoms with Gasteiger partial charge in [0.2, 0.25) is 0 Å². The van der Waals surface area contributed by atoms with Gasteiger partial charge < -0.3 is 24.6 Å². The third kappa shape index (κ3) is 4.54. The highest BCUT2D eigenvalue weighted by molar-refractivity contribution is 5.77. The summed E-state index contributed by atoms with van der Waals surface area (Å²) in [6.07, 6.45) is 2.26. The van der Waals surface area contributed by atoms with Gasteiger partial charge in [-0.05, 0) is 39.5 Å². The Kier molecular flexibility index (Phi) is 6.76. The van der Waals surface area contributed by atoms with E-state index in [1.54, 1.807) is 18.7 Å². The third-order valence-electron chi connectivity index (χ3n) is 5.69. The molecular weight excluding hydrogens is 378 g/mol. The highest BCUT2D eigenvalue weighted by Crippen LogP contribution is 2.28. The standard InChI is InChI=1S/C20H29N3O6/c1-3-28-19(26)13-5-9-22(10-6-13)16-15(17(24)18(16)25)21-14-7-11-23(12-8-14)20(27)29-4-2/h13-14,21H,3-12H2,1-2H3. The van der Waals surface area contributed by atoms with Crippen molar-refractivity contribution in [3.05, 3.63) is 20.4 Å². The fourth-order valence-electron chi connectivity index (χ4n) is 4.04. The zero-order chi connectivity index (χ0) is 21.0. The largest absolute Gasteiger partial charge is 0.466 e. The Morgan fingerprint density at radius 3 is 2.14 bits per heavy atom. The molecule has 0 radical (unpaired) electrons. The van der Waals surface area contributed by atoms with Crippen LogP contribution in [-0.4, -0.2) is 62.4 Å². The van der Waals surface area contributed by atoms with Crippen LogP contribution < -0.4 is 21.1 Å². The van der Waals surface area contributed by atoms with Crippen LogP contribution in [0.2, 0.25) is 0 Å². The summed E-state index contributed by atoms with van der Waals surface area (Å²) in [5.41, 5.74) is -0.143. The van der Waals surface area contributed by atoms with Crippen LogP contribution >= 0.6 is 0 Å². The lowest BCUT2D eigenvalue weighted by molar-refractivity contribution is -0.148. The third-order valence-corrected chi connectivity index (χ3v) is 5.69. The lowest BCUT2D eigenvalue weighted by Gasteiger charge is -2.36. The molecule has 2 saturated heterocycles. The molecule has 2 fully saturated rings. The molecule has 160 valence electrons. The van der Waals surface area contributed by atoms with Gasteiger partial charge in [0, 0.05) is 32.2 Å². The minimum absolute atomic E-state index is 0.0276. The highest BCUT2D eigenvalue weighted by atomic mass is 16.6. The second kappa shape index (κ2) is 9.28. The van der Waals surface area contributed by atoms with Crippen molar-refractivity contribution in [3.63, 3.8) is 0 Å². The first kappa shape index (κ1) is 21.1. The SMILES string of the molecule is CCOC(=O)C1CCN(c2c(NC3CCN(C(=O)OCC)CC3)c(=O)c2=O)CC1. The molecule has 9 nitrogen and oxygen atoms in total. The van der Waals surface area contributed by atoms with Crippen LogP contribution in [0.25, 0.3) is 0 Å². The van der Waals surface area contributed by atoms with Gasteiger partial charge >= 0.3 is 12.1 Å². The zero-order valence-electron chi connectivity index (χ0n) is 17.1. The monoisotopic (exact) mass is 407 g/mol. The predicted molar refractivity (Wildman–Crippen MR) is 108 cm³/mol. The molecule has 2 heterocycles. The maximum atomic E-state index is 12.2. The quantitative estimate of drug-likeness (QED) is 0.552. The van der Waals surface area contributed by atoms with Gasteiger partial charge in [-0.2, -0.15) is 0 Å². The maximum absolute atomic E-state index is 12.2. The molecule has 0 unspecified atom stereocenters. The predicted octanol–water partition coefficient (Wildman–Crippen LogP) is 1.09. The van der Waals surface area contributed by atoms with Crippen LogP contribution in [-0.2, 0) is 14.3 Å². The van der Waals surface area contributed by atoms with Gasteiger partial charge in [0.25, 0.3) is 10.9 Å². The van der Waals surface area contributed by atoms with Crippen LogP contribution in [0.4, 0.5) is 16.2 Å². The fraction of sp³-hybridized carbons (Fsp3) is 0.700. The number of nitrogens with one attached hydrogen (secondary N) is 1. The Hall–Kier alpha value is -2.58. The first-order chi connectivity index (χ1) is 14.0. The van der Waals surface area contributed by atoms with Gasteiger partial charge in [0.1, 0.15) is 11.4 Å². The number of amides is 1. The van der Waals surface area contributed by atoms with Gasteiger partial charge in [0.15, 0.2) is 0 Å². The van der Waals surface area contributed by atoms with Crippen LogP contribution in [0.3, 0.4) is 0 Å². The van der Waals surface area contributed by atoms with Gasteiger partial charge in [-0.15, -0.1) is 0 Å². The molecule has 1 amide bonds. The molecule has 0 bridgehead atoms. The molecule has 0 saturated carbocycles. The molecule has 1 N–H and O–H groups in total. The van der Waals surface area contributed by atoms with E-state index in [1.807, 2.05) is 4.90 Å². The van der Waals surface area contributed by atoms with E-state index in [-0.39, 0.29) is 24.0 Å². The van der Waals surface area contributed by atoms with Gasteiger partial charge in [-0.25, -0.2) is 4.79 Å². The Labute approximate surface area is 169 Å². The van der Waals surface area contributed by atoms with Crippen LogP contribution in [0.15, 0.2) is 9.59 Å². The van der Waals surface area contributed by atoms with Gasteiger partial charge in [-0.3, -0.25) is 14.4 Å². The van der Waals surface area contributed by atoms with Crippen molar-refractivity contribution in [2.45, 2.75) is 45.6 Å². The van der Waals surface area contributed by atoms with Gasteiger partial charge in [0.05, 0.1) is 19.1 Å². The molecule has 29 heavy (non-hydrogen) atoms. The van der Waals surface area contributed by atoms with Crippen molar-refractivity contribution >= 4 is 23.4 Å². The molecule has 0 atom stereocenters. The summed E-state index contributed by atoms with van der Waals surface area (Å²) in [6.45, 7) is 6.45. The maximum Gasteiger partial charge on any atom is 0.409 e.